The maximum absolute atomic E-state index is 11.1. The van der Waals surface area contributed by atoms with Gasteiger partial charge in [-0.25, -0.2) is 0 Å². The van der Waals surface area contributed by atoms with Crippen molar-refractivity contribution in [3.05, 3.63) is 31.9 Å². The number of nitro groups is 1. The van der Waals surface area contributed by atoms with Gasteiger partial charge in [-0.1, -0.05) is 0 Å². The maximum atomic E-state index is 11.1. The molecule has 0 aliphatic carbocycles. The molecule has 0 aliphatic rings. The van der Waals surface area contributed by atoms with Crippen molar-refractivity contribution in [2.24, 2.45) is 0 Å². The van der Waals surface area contributed by atoms with E-state index in [2.05, 4.69) is 5.32 Å². The summed E-state index contributed by atoms with van der Waals surface area (Å²) in [6, 6.07) is 4.92. The van der Waals surface area contributed by atoms with Crippen LogP contribution in [-0.2, 0) is 10.8 Å². The molecule has 1 N–H and O–H groups in total. The van der Waals surface area contributed by atoms with Crippen LogP contribution in [0.15, 0.2) is 18.2 Å². The molecular weight excluding hydrogens is 355 g/mol. The summed E-state index contributed by atoms with van der Waals surface area (Å²) < 4.78 is 11.9. The van der Waals surface area contributed by atoms with Crippen LogP contribution < -0.4 is 5.32 Å². The molecule has 0 saturated heterocycles. The lowest BCUT2D eigenvalue weighted by atomic mass is 10.2. The molecule has 5 nitrogen and oxygen atoms in total. The fourth-order valence-electron chi connectivity index (χ4n) is 1.44. The van der Waals surface area contributed by atoms with Gasteiger partial charge in [-0.15, -0.1) is 0 Å². The molecule has 1 aromatic carbocycles. The first-order valence-electron chi connectivity index (χ1n) is 4.90. The van der Waals surface area contributed by atoms with E-state index in [-0.39, 0.29) is 11.7 Å². The largest absolute Gasteiger partial charge is 0.376 e. The molecule has 0 bridgehead atoms. The minimum atomic E-state index is -0.925. The number of nitro benzene ring substituents is 1. The fraction of sp³-hybridized carbons (Fsp3) is 0.400. The Morgan fingerprint density at radius 2 is 2.24 bits per heavy atom. The van der Waals surface area contributed by atoms with E-state index in [0.717, 1.165) is 3.57 Å². The third kappa shape index (κ3) is 4.58. The molecular formula is C10H13IN2O3S. The van der Waals surface area contributed by atoms with Gasteiger partial charge in [0, 0.05) is 38.5 Å². The summed E-state index contributed by atoms with van der Waals surface area (Å²) in [7, 11) is -0.925. The maximum Gasteiger partial charge on any atom is 0.293 e. The van der Waals surface area contributed by atoms with E-state index in [1.165, 1.54) is 6.07 Å². The van der Waals surface area contributed by atoms with E-state index in [1.807, 2.05) is 29.5 Å². The molecule has 0 spiro atoms. The summed E-state index contributed by atoms with van der Waals surface area (Å²) >= 11 is 2.03. The second-order valence-corrected chi connectivity index (χ2v) is 6.43. The number of benzene rings is 1. The first-order chi connectivity index (χ1) is 7.90. The van der Waals surface area contributed by atoms with Crippen LogP contribution in [0.2, 0.25) is 0 Å². The van der Waals surface area contributed by atoms with Crippen LogP contribution in [-0.4, -0.2) is 27.2 Å². The summed E-state index contributed by atoms with van der Waals surface area (Å²) in [5, 5.41) is 13.9. The Morgan fingerprint density at radius 1 is 1.59 bits per heavy atom. The second kappa shape index (κ2) is 6.29. The van der Waals surface area contributed by atoms with Gasteiger partial charge in [-0.3, -0.25) is 14.3 Å². The van der Waals surface area contributed by atoms with Crippen LogP contribution in [0.5, 0.6) is 0 Å². The van der Waals surface area contributed by atoms with Crippen LogP contribution in [0.25, 0.3) is 0 Å². The molecule has 0 saturated carbocycles. The number of nitrogens with zero attached hydrogens (tertiary/aromatic N) is 1. The summed E-state index contributed by atoms with van der Waals surface area (Å²) in [4.78, 5) is 10.5. The molecule has 1 aromatic rings. The standard InChI is InChI=1S/C10H13IN2O3S/c1-7(6-17(2)16)12-9-4-3-8(11)5-10(9)13(14)15/h3-5,7,12H,6H2,1-2H3. The summed E-state index contributed by atoms with van der Waals surface area (Å²) in [6.45, 7) is 1.85. The van der Waals surface area contributed by atoms with Crippen molar-refractivity contribution in [3.63, 3.8) is 0 Å². The number of halogens is 1. The van der Waals surface area contributed by atoms with Crippen molar-refractivity contribution < 1.29 is 9.13 Å². The highest BCUT2D eigenvalue weighted by atomic mass is 127. The molecule has 0 heterocycles. The summed E-state index contributed by atoms with van der Waals surface area (Å²) in [5.41, 5.74) is 0.513. The molecule has 17 heavy (non-hydrogen) atoms. The minimum Gasteiger partial charge on any atom is -0.376 e. The highest BCUT2D eigenvalue weighted by molar-refractivity contribution is 14.1. The topological polar surface area (TPSA) is 72.2 Å². The van der Waals surface area contributed by atoms with Crippen molar-refractivity contribution >= 4 is 44.8 Å². The lowest BCUT2D eigenvalue weighted by Crippen LogP contribution is -2.22. The van der Waals surface area contributed by atoms with Crippen molar-refractivity contribution in [3.8, 4) is 0 Å². The van der Waals surface area contributed by atoms with Crippen LogP contribution in [0, 0.1) is 13.7 Å². The Hall–Kier alpha value is -0.700. The van der Waals surface area contributed by atoms with Gasteiger partial charge in [0.1, 0.15) is 5.69 Å². The average molecular weight is 368 g/mol. The predicted octanol–water partition coefficient (Wildman–Crippen LogP) is 2.38. The van der Waals surface area contributed by atoms with Gasteiger partial charge >= 0.3 is 0 Å². The van der Waals surface area contributed by atoms with E-state index >= 15 is 0 Å². The van der Waals surface area contributed by atoms with Gasteiger partial charge in [0.25, 0.3) is 5.69 Å². The van der Waals surface area contributed by atoms with Crippen molar-refractivity contribution in [1.82, 2.24) is 0 Å². The Balaban J connectivity index is 2.90. The molecule has 0 fully saturated rings. The van der Waals surface area contributed by atoms with E-state index in [9.17, 15) is 14.3 Å². The number of rotatable bonds is 5. The Labute approximate surface area is 116 Å². The molecule has 0 aliphatic heterocycles. The van der Waals surface area contributed by atoms with Crippen LogP contribution >= 0.6 is 22.6 Å². The van der Waals surface area contributed by atoms with Crippen molar-refractivity contribution in [2.45, 2.75) is 13.0 Å². The van der Waals surface area contributed by atoms with Gasteiger partial charge in [0.15, 0.2) is 0 Å². The van der Waals surface area contributed by atoms with E-state index in [4.69, 9.17) is 0 Å². The first kappa shape index (κ1) is 14.4. The van der Waals surface area contributed by atoms with Gasteiger partial charge in [-0.05, 0) is 41.6 Å². The number of nitrogens with one attached hydrogen (secondary N) is 1. The van der Waals surface area contributed by atoms with Gasteiger partial charge in [-0.2, -0.15) is 0 Å². The first-order valence-corrected chi connectivity index (χ1v) is 7.71. The van der Waals surface area contributed by atoms with Crippen molar-refractivity contribution in [1.29, 1.82) is 0 Å². The normalized spacial score (nSPS) is 14.1. The molecule has 2 atom stereocenters. The molecule has 7 heteroatoms. The van der Waals surface area contributed by atoms with Crippen molar-refractivity contribution in [2.75, 3.05) is 17.3 Å². The Kier molecular flexibility index (Phi) is 5.31. The second-order valence-electron chi connectivity index (χ2n) is 3.70. The van der Waals surface area contributed by atoms with Crippen LogP contribution in [0.1, 0.15) is 6.92 Å². The van der Waals surface area contributed by atoms with E-state index in [0.29, 0.717) is 11.4 Å². The minimum absolute atomic E-state index is 0.0469. The van der Waals surface area contributed by atoms with E-state index < -0.39 is 15.7 Å². The smallest absolute Gasteiger partial charge is 0.293 e. The molecule has 0 radical (unpaired) electrons. The zero-order chi connectivity index (χ0) is 13.0. The Bertz CT molecular complexity index is 453. The quantitative estimate of drug-likeness (QED) is 0.492. The summed E-state index contributed by atoms with van der Waals surface area (Å²) in [5.74, 6) is 0.461. The Morgan fingerprint density at radius 3 is 2.76 bits per heavy atom. The third-order valence-electron chi connectivity index (χ3n) is 2.04. The molecule has 0 aromatic heterocycles. The lowest BCUT2D eigenvalue weighted by Gasteiger charge is -2.13. The number of hydrogen-bond acceptors (Lipinski definition) is 4. The molecule has 0 amide bonds. The van der Waals surface area contributed by atoms with E-state index in [1.54, 1.807) is 18.4 Å². The van der Waals surface area contributed by atoms with Crippen LogP contribution in [0.3, 0.4) is 0 Å². The van der Waals surface area contributed by atoms with Gasteiger partial charge in [0.2, 0.25) is 0 Å². The third-order valence-corrected chi connectivity index (χ3v) is 3.68. The summed E-state index contributed by atoms with van der Waals surface area (Å²) in [6.07, 6.45) is 1.61. The number of anilines is 1. The van der Waals surface area contributed by atoms with Crippen LogP contribution in [0.4, 0.5) is 11.4 Å². The molecule has 1 rings (SSSR count). The highest BCUT2D eigenvalue weighted by Crippen LogP contribution is 2.26. The molecule has 2 unspecified atom stereocenters. The highest BCUT2D eigenvalue weighted by Gasteiger charge is 2.16. The zero-order valence-corrected chi connectivity index (χ0v) is 12.4. The zero-order valence-electron chi connectivity index (χ0n) is 9.47. The SMILES string of the molecule is CC(CS(C)=O)Nc1ccc(I)cc1[N+](=O)[O-]. The predicted molar refractivity (Wildman–Crippen MR) is 77.8 cm³/mol. The number of hydrogen-bond donors (Lipinski definition) is 1. The van der Waals surface area contributed by atoms with Gasteiger partial charge < -0.3 is 5.32 Å². The molecule has 94 valence electrons. The fourth-order valence-corrected chi connectivity index (χ4v) is 2.70. The lowest BCUT2D eigenvalue weighted by molar-refractivity contribution is -0.384. The van der Waals surface area contributed by atoms with Gasteiger partial charge in [0.05, 0.1) is 4.92 Å². The average Bonchev–Trinajstić information content (AvgIpc) is 2.19. The monoisotopic (exact) mass is 368 g/mol.